The van der Waals surface area contributed by atoms with Gasteiger partial charge in [0, 0.05) is 6.54 Å². The van der Waals surface area contributed by atoms with Crippen LogP contribution in [0.1, 0.15) is 33.6 Å². The lowest BCUT2D eigenvalue weighted by atomic mass is 10.1. The SMILES string of the molecule is C=CCN(CC(=O)OCC)C(CCC)C(=O)OCC. The first-order chi connectivity index (χ1) is 9.10. The average Bonchev–Trinajstić information content (AvgIpc) is 2.36. The van der Waals surface area contributed by atoms with Gasteiger partial charge < -0.3 is 9.47 Å². The van der Waals surface area contributed by atoms with Gasteiger partial charge in [-0.05, 0) is 20.3 Å². The molecular formula is C14H25NO4. The van der Waals surface area contributed by atoms with Crippen molar-refractivity contribution in [3.05, 3.63) is 12.7 Å². The maximum atomic E-state index is 11.9. The van der Waals surface area contributed by atoms with Crippen LogP contribution in [0.2, 0.25) is 0 Å². The van der Waals surface area contributed by atoms with Crippen LogP contribution in [-0.2, 0) is 19.1 Å². The van der Waals surface area contributed by atoms with E-state index in [1.807, 2.05) is 6.92 Å². The van der Waals surface area contributed by atoms with Crippen LogP contribution >= 0.6 is 0 Å². The number of nitrogens with zero attached hydrogens (tertiary/aromatic N) is 1. The minimum absolute atomic E-state index is 0.0728. The van der Waals surface area contributed by atoms with Crippen molar-refractivity contribution in [2.24, 2.45) is 0 Å². The summed E-state index contributed by atoms with van der Waals surface area (Å²) in [5.41, 5.74) is 0. The Morgan fingerprint density at radius 2 is 1.84 bits per heavy atom. The number of carbonyl (C=O) groups excluding carboxylic acids is 2. The molecule has 0 saturated heterocycles. The molecule has 0 aliphatic carbocycles. The summed E-state index contributed by atoms with van der Waals surface area (Å²) in [7, 11) is 0. The second-order valence-corrected chi connectivity index (χ2v) is 4.08. The summed E-state index contributed by atoms with van der Waals surface area (Å²) in [6.07, 6.45) is 3.15. The Bertz CT molecular complexity index is 291. The highest BCUT2D eigenvalue weighted by molar-refractivity contribution is 5.77. The molecule has 1 atom stereocenters. The zero-order chi connectivity index (χ0) is 14.7. The number of rotatable bonds is 10. The van der Waals surface area contributed by atoms with E-state index in [0.29, 0.717) is 26.2 Å². The minimum Gasteiger partial charge on any atom is -0.465 e. The number of ether oxygens (including phenoxy) is 2. The summed E-state index contributed by atoms with van der Waals surface area (Å²) in [6, 6.07) is -0.424. The topological polar surface area (TPSA) is 55.8 Å². The molecule has 0 aromatic rings. The van der Waals surface area contributed by atoms with Crippen molar-refractivity contribution in [2.75, 3.05) is 26.3 Å². The van der Waals surface area contributed by atoms with Gasteiger partial charge >= 0.3 is 11.9 Å². The summed E-state index contributed by atoms with van der Waals surface area (Å²) < 4.78 is 9.98. The van der Waals surface area contributed by atoms with Gasteiger partial charge in [0.05, 0.1) is 19.8 Å². The van der Waals surface area contributed by atoms with Gasteiger partial charge in [0.1, 0.15) is 6.04 Å². The van der Waals surface area contributed by atoms with E-state index in [0.717, 1.165) is 6.42 Å². The van der Waals surface area contributed by atoms with Gasteiger partial charge in [-0.3, -0.25) is 14.5 Å². The molecular weight excluding hydrogens is 246 g/mol. The number of esters is 2. The number of hydrogen-bond donors (Lipinski definition) is 0. The van der Waals surface area contributed by atoms with Crippen LogP contribution < -0.4 is 0 Å². The Morgan fingerprint density at radius 3 is 2.32 bits per heavy atom. The third-order valence-electron chi connectivity index (χ3n) is 2.56. The van der Waals surface area contributed by atoms with E-state index < -0.39 is 6.04 Å². The molecule has 0 aromatic heterocycles. The summed E-state index contributed by atoms with van der Waals surface area (Å²) in [5.74, 6) is -0.634. The first-order valence-electron chi connectivity index (χ1n) is 6.77. The number of carbonyl (C=O) groups is 2. The van der Waals surface area contributed by atoms with Crippen LogP contribution in [0.3, 0.4) is 0 Å². The van der Waals surface area contributed by atoms with Gasteiger partial charge in [-0.15, -0.1) is 6.58 Å². The molecule has 0 fully saturated rings. The summed E-state index contributed by atoms with van der Waals surface area (Å²) >= 11 is 0. The Hall–Kier alpha value is -1.36. The summed E-state index contributed by atoms with van der Waals surface area (Å²) in [4.78, 5) is 25.2. The molecule has 0 rings (SSSR count). The van der Waals surface area contributed by atoms with Crippen LogP contribution in [0.15, 0.2) is 12.7 Å². The molecule has 5 heteroatoms. The molecule has 0 aliphatic heterocycles. The van der Waals surface area contributed by atoms with E-state index in [-0.39, 0.29) is 18.5 Å². The van der Waals surface area contributed by atoms with Crippen LogP contribution in [0, 0.1) is 0 Å². The van der Waals surface area contributed by atoms with Gasteiger partial charge in [0.2, 0.25) is 0 Å². The number of hydrogen-bond acceptors (Lipinski definition) is 5. The highest BCUT2D eigenvalue weighted by Crippen LogP contribution is 2.10. The molecule has 5 nitrogen and oxygen atoms in total. The molecule has 0 amide bonds. The van der Waals surface area contributed by atoms with Crippen LogP contribution in [-0.4, -0.2) is 49.2 Å². The summed E-state index contributed by atoms with van der Waals surface area (Å²) in [5, 5.41) is 0. The highest BCUT2D eigenvalue weighted by atomic mass is 16.5. The van der Waals surface area contributed by atoms with Gasteiger partial charge in [0.15, 0.2) is 0 Å². The van der Waals surface area contributed by atoms with E-state index in [1.54, 1.807) is 24.8 Å². The second-order valence-electron chi connectivity index (χ2n) is 4.08. The molecule has 0 saturated carbocycles. The van der Waals surface area contributed by atoms with Crippen LogP contribution in [0.5, 0.6) is 0 Å². The van der Waals surface area contributed by atoms with Gasteiger partial charge in [-0.25, -0.2) is 0 Å². The molecule has 0 bridgehead atoms. The van der Waals surface area contributed by atoms with Crippen molar-refractivity contribution in [2.45, 2.75) is 39.7 Å². The fourth-order valence-electron chi connectivity index (χ4n) is 1.80. The fourth-order valence-corrected chi connectivity index (χ4v) is 1.80. The standard InChI is InChI=1S/C14H25NO4/c1-5-9-12(14(17)19-8-4)15(10-6-2)11-13(16)18-7-3/h6,12H,2,5,7-11H2,1,3-4H3. The Kier molecular flexibility index (Phi) is 9.80. The van der Waals surface area contributed by atoms with Crippen molar-refractivity contribution >= 4 is 11.9 Å². The first-order valence-corrected chi connectivity index (χ1v) is 6.77. The normalized spacial score (nSPS) is 12.0. The third kappa shape index (κ3) is 6.96. The molecule has 0 aromatic carbocycles. The Labute approximate surface area is 115 Å². The van der Waals surface area contributed by atoms with Gasteiger partial charge in [0.25, 0.3) is 0 Å². The largest absolute Gasteiger partial charge is 0.465 e. The van der Waals surface area contributed by atoms with Crippen LogP contribution in [0.4, 0.5) is 0 Å². The van der Waals surface area contributed by atoms with E-state index in [2.05, 4.69) is 6.58 Å². The van der Waals surface area contributed by atoms with E-state index in [9.17, 15) is 9.59 Å². The smallest absolute Gasteiger partial charge is 0.323 e. The lowest BCUT2D eigenvalue weighted by Gasteiger charge is -2.27. The van der Waals surface area contributed by atoms with Crippen LogP contribution in [0.25, 0.3) is 0 Å². The fraction of sp³-hybridized carbons (Fsp3) is 0.714. The molecule has 0 radical (unpaired) electrons. The molecule has 0 heterocycles. The molecule has 0 spiro atoms. The maximum absolute atomic E-state index is 11.9. The Balaban J connectivity index is 4.78. The average molecular weight is 271 g/mol. The summed E-state index contributed by atoms with van der Waals surface area (Å²) in [6.45, 7) is 10.4. The van der Waals surface area contributed by atoms with E-state index in [1.165, 1.54) is 0 Å². The zero-order valence-electron chi connectivity index (χ0n) is 12.2. The molecule has 0 N–H and O–H groups in total. The zero-order valence-corrected chi connectivity index (χ0v) is 12.2. The predicted molar refractivity (Wildman–Crippen MR) is 73.7 cm³/mol. The Morgan fingerprint density at radius 1 is 1.21 bits per heavy atom. The van der Waals surface area contributed by atoms with Crippen molar-refractivity contribution in [3.8, 4) is 0 Å². The first kappa shape index (κ1) is 17.6. The van der Waals surface area contributed by atoms with Crippen molar-refractivity contribution in [1.82, 2.24) is 4.90 Å². The molecule has 0 aliphatic rings. The monoisotopic (exact) mass is 271 g/mol. The molecule has 19 heavy (non-hydrogen) atoms. The molecule has 110 valence electrons. The quantitative estimate of drug-likeness (QED) is 0.448. The van der Waals surface area contributed by atoms with Gasteiger partial charge in [-0.1, -0.05) is 19.4 Å². The van der Waals surface area contributed by atoms with E-state index in [4.69, 9.17) is 9.47 Å². The third-order valence-corrected chi connectivity index (χ3v) is 2.56. The predicted octanol–water partition coefficient (Wildman–Crippen LogP) is 1.77. The van der Waals surface area contributed by atoms with Crippen molar-refractivity contribution < 1.29 is 19.1 Å². The highest BCUT2D eigenvalue weighted by Gasteiger charge is 2.27. The minimum atomic E-state index is -0.424. The maximum Gasteiger partial charge on any atom is 0.323 e. The van der Waals surface area contributed by atoms with Gasteiger partial charge in [-0.2, -0.15) is 0 Å². The second kappa shape index (κ2) is 10.6. The van der Waals surface area contributed by atoms with Crippen molar-refractivity contribution in [3.63, 3.8) is 0 Å². The lowest BCUT2D eigenvalue weighted by molar-refractivity contribution is -0.152. The molecule has 1 unspecified atom stereocenters. The lowest BCUT2D eigenvalue weighted by Crippen LogP contribution is -2.45. The van der Waals surface area contributed by atoms with Crippen molar-refractivity contribution in [1.29, 1.82) is 0 Å². The van der Waals surface area contributed by atoms with E-state index >= 15 is 0 Å².